The zero-order valence-electron chi connectivity index (χ0n) is 15.4. The first-order chi connectivity index (χ1) is 14.4. The Bertz CT molecular complexity index is 1430. The second-order valence-electron chi connectivity index (χ2n) is 6.96. The van der Waals surface area contributed by atoms with E-state index in [0.717, 1.165) is 12.8 Å². The number of rotatable bonds is 4. The Hall–Kier alpha value is -3.66. The number of nitrogens with zero attached hydrogens (tertiary/aromatic N) is 4. The molecule has 152 valence electrons. The van der Waals surface area contributed by atoms with Gasteiger partial charge in [0.2, 0.25) is 5.88 Å². The molecule has 0 saturated heterocycles. The number of fused-ring (bicyclic) bond motifs is 1. The Morgan fingerprint density at radius 1 is 1.30 bits per heavy atom. The number of aromatic hydroxyl groups is 1. The normalized spacial score (nSPS) is 15.3. The third-order valence-electron chi connectivity index (χ3n) is 4.51. The molecule has 0 amide bonds. The lowest BCUT2D eigenvalue weighted by Gasteiger charge is -2.07. The van der Waals surface area contributed by atoms with E-state index in [1.165, 1.54) is 12.1 Å². The maximum Gasteiger partial charge on any atom is 0.326 e. The smallest absolute Gasteiger partial charge is 0.326 e. The largest absolute Gasteiger partial charge is 0.493 e. The predicted molar refractivity (Wildman–Crippen MR) is 108 cm³/mol. The highest BCUT2D eigenvalue weighted by atomic mass is 35.5. The fraction of sp³-hybridized carbons (Fsp3) is 0.158. The number of hydrogen-bond donors (Lipinski definition) is 4. The number of benzene rings is 1. The van der Waals surface area contributed by atoms with Crippen LogP contribution in [0.25, 0.3) is 11.7 Å². The van der Waals surface area contributed by atoms with Crippen LogP contribution in [0.2, 0.25) is 5.02 Å². The quantitative estimate of drug-likeness (QED) is 0.394. The van der Waals surface area contributed by atoms with Crippen molar-refractivity contribution in [2.24, 2.45) is 4.99 Å². The van der Waals surface area contributed by atoms with Crippen LogP contribution in [0, 0.1) is 5.82 Å². The van der Waals surface area contributed by atoms with Crippen molar-refractivity contribution < 1.29 is 9.50 Å². The number of hydrogen-bond acceptors (Lipinski definition) is 6. The Labute approximate surface area is 172 Å². The van der Waals surface area contributed by atoms with E-state index >= 15 is 0 Å². The highest BCUT2D eigenvalue weighted by Crippen LogP contribution is 2.23. The number of H-pyrrole nitrogens is 2. The van der Waals surface area contributed by atoms with Crippen LogP contribution in [-0.2, 0) is 0 Å². The van der Waals surface area contributed by atoms with Crippen LogP contribution in [-0.4, -0.2) is 35.7 Å². The van der Waals surface area contributed by atoms with Crippen molar-refractivity contribution in [1.29, 1.82) is 0 Å². The second kappa shape index (κ2) is 6.99. The molecule has 1 aliphatic rings. The average Bonchev–Trinajstić information content (AvgIpc) is 3.30. The molecule has 1 aromatic carbocycles. The molecule has 0 unspecified atom stereocenters. The van der Waals surface area contributed by atoms with Crippen molar-refractivity contribution in [3.8, 4) is 5.88 Å². The molecule has 1 aliphatic carbocycles. The molecular formula is C19H15ClFN7O2. The van der Waals surface area contributed by atoms with Gasteiger partial charge in [-0.2, -0.15) is 9.61 Å². The molecule has 0 radical (unpaired) electrons. The number of aromatic nitrogens is 5. The summed E-state index contributed by atoms with van der Waals surface area (Å²) in [6, 6.07) is 6.05. The Morgan fingerprint density at radius 3 is 2.83 bits per heavy atom. The van der Waals surface area contributed by atoms with Crippen molar-refractivity contribution in [3.05, 3.63) is 68.2 Å². The Kier molecular flexibility index (Phi) is 4.28. The summed E-state index contributed by atoms with van der Waals surface area (Å²) in [6.45, 7) is 0. The van der Waals surface area contributed by atoms with Gasteiger partial charge in [-0.05, 0) is 37.1 Å². The molecule has 9 nitrogen and oxygen atoms in total. The summed E-state index contributed by atoms with van der Waals surface area (Å²) in [5.41, 5.74) is 1.14. The van der Waals surface area contributed by atoms with Crippen molar-refractivity contribution in [2.45, 2.75) is 18.9 Å². The first kappa shape index (κ1) is 18.4. The van der Waals surface area contributed by atoms with Gasteiger partial charge in [-0.1, -0.05) is 11.6 Å². The van der Waals surface area contributed by atoms with Crippen molar-refractivity contribution >= 4 is 34.8 Å². The molecule has 4 N–H and O–H groups in total. The van der Waals surface area contributed by atoms with Gasteiger partial charge < -0.3 is 15.4 Å². The molecule has 11 heteroatoms. The molecule has 0 aliphatic heterocycles. The van der Waals surface area contributed by atoms with Gasteiger partial charge in [0.05, 0.1) is 12.2 Å². The Balaban J connectivity index is 1.68. The summed E-state index contributed by atoms with van der Waals surface area (Å²) in [4.78, 5) is 25.4. The van der Waals surface area contributed by atoms with Gasteiger partial charge in [-0.3, -0.25) is 9.98 Å². The van der Waals surface area contributed by atoms with Gasteiger partial charge in [-0.25, -0.2) is 14.2 Å². The zero-order valence-corrected chi connectivity index (χ0v) is 16.1. The first-order valence-electron chi connectivity index (χ1n) is 9.13. The van der Waals surface area contributed by atoms with Gasteiger partial charge in [0.15, 0.2) is 11.1 Å². The zero-order chi connectivity index (χ0) is 20.8. The molecule has 30 heavy (non-hydrogen) atoms. The van der Waals surface area contributed by atoms with Crippen LogP contribution < -0.4 is 21.7 Å². The maximum atomic E-state index is 13.7. The van der Waals surface area contributed by atoms with E-state index in [-0.39, 0.29) is 22.6 Å². The van der Waals surface area contributed by atoms with Crippen LogP contribution >= 0.6 is 11.6 Å². The van der Waals surface area contributed by atoms with E-state index in [1.807, 2.05) is 0 Å². The van der Waals surface area contributed by atoms with Crippen LogP contribution in [0.3, 0.4) is 0 Å². The lowest BCUT2D eigenvalue weighted by molar-refractivity contribution is 0.454. The van der Waals surface area contributed by atoms with Gasteiger partial charge in [0.1, 0.15) is 17.3 Å². The third kappa shape index (κ3) is 3.64. The topological polar surface area (TPSA) is 123 Å². The monoisotopic (exact) mass is 427 g/mol. The molecule has 0 atom stereocenters. The highest BCUT2D eigenvalue weighted by Gasteiger charge is 2.20. The lowest BCUT2D eigenvalue weighted by Crippen LogP contribution is -2.19. The van der Waals surface area contributed by atoms with Crippen LogP contribution in [0.5, 0.6) is 5.88 Å². The minimum absolute atomic E-state index is 0.202. The molecule has 0 spiro atoms. The molecule has 3 heterocycles. The standard InChI is InChI=1S/C19H15ClFN7O2/c20-10-4-11(21)6-13(5-10)23-15-7-16(24-12-1-2-12)28-17(26-15)9(8-22-28)3-14-18(29)27-19(30)25-14/h3-8,12,23,29H,1-2H2,(H2,25,27,30). The van der Waals surface area contributed by atoms with E-state index in [2.05, 4.69) is 30.4 Å². The minimum Gasteiger partial charge on any atom is -0.493 e. The van der Waals surface area contributed by atoms with Gasteiger partial charge in [0, 0.05) is 22.0 Å². The van der Waals surface area contributed by atoms with Gasteiger partial charge in [-0.15, -0.1) is 0 Å². The maximum absolute atomic E-state index is 13.7. The van der Waals surface area contributed by atoms with Crippen LogP contribution in [0.15, 0.2) is 40.2 Å². The summed E-state index contributed by atoms with van der Waals surface area (Å²) >= 11 is 5.94. The van der Waals surface area contributed by atoms with Crippen LogP contribution in [0.4, 0.5) is 15.9 Å². The molecular weight excluding hydrogens is 413 g/mol. The average molecular weight is 428 g/mol. The predicted octanol–water partition coefficient (Wildman–Crippen LogP) is 1.60. The third-order valence-corrected chi connectivity index (χ3v) is 4.73. The molecule has 4 aromatic rings. The number of nitrogens with one attached hydrogen (secondary N) is 3. The van der Waals surface area contributed by atoms with Gasteiger partial charge >= 0.3 is 5.69 Å². The molecule has 1 saturated carbocycles. The number of halogens is 2. The van der Waals surface area contributed by atoms with E-state index in [9.17, 15) is 14.3 Å². The summed E-state index contributed by atoms with van der Waals surface area (Å²) in [7, 11) is 0. The van der Waals surface area contributed by atoms with Gasteiger partial charge in [0.25, 0.3) is 0 Å². The fourth-order valence-electron chi connectivity index (χ4n) is 3.03. The number of imidazole rings is 1. The summed E-state index contributed by atoms with van der Waals surface area (Å²) in [6.07, 6.45) is 5.11. The minimum atomic E-state index is -0.530. The fourth-order valence-corrected chi connectivity index (χ4v) is 3.26. The lowest BCUT2D eigenvalue weighted by atomic mass is 10.3. The van der Waals surface area contributed by atoms with Crippen molar-refractivity contribution in [2.75, 3.05) is 5.32 Å². The number of anilines is 2. The Morgan fingerprint density at radius 2 is 2.13 bits per heavy atom. The van der Waals surface area contributed by atoms with E-state index in [4.69, 9.17) is 11.6 Å². The molecule has 3 aromatic heterocycles. The van der Waals surface area contributed by atoms with Crippen molar-refractivity contribution in [1.82, 2.24) is 24.6 Å². The number of aromatic amines is 2. The first-order valence-corrected chi connectivity index (χ1v) is 9.51. The molecule has 5 rings (SSSR count). The summed E-state index contributed by atoms with van der Waals surface area (Å²) < 4.78 is 15.3. The molecule has 1 fully saturated rings. The van der Waals surface area contributed by atoms with E-state index < -0.39 is 11.5 Å². The summed E-state index contributed by atoms with van der Waals surface area (Å²) in [5.74, 6) is -0.337. The summed E-state index contributed by atoms with van der Waals surface area (Å²) in [5, 5.41) is 18.0. The van der Waals surface area contributed by atoms with Crippen molar-refractivity contribution in [3.63, 3.8) is 0 Å². The van der Waals surface area contributed by atoms with E-state index in [1.54, 1.807) is 28.9 Å². The van der Waals surface area contributed by atoms with Crippen LogP contribution in [0.1, 0.15) is 18.5 Å². The van der Waals surface area contributed by atoms with E-state index in [0.29, 0.717) is 27.9 Å². The molecule has 0 bridgehead atoms. The highest BCUT2D eigenvalue weighted by molar-refractivity contribution is 6.30. The second-order valence-corrected chi connectivity index (χ2v) is 7.40. The SMILES string of the molecule is O=c1[nH]c(O)c(C=c2cnn3c(=NC4CC4)cc(Nc4cc(F)cc(Cl)c4)nc23)[nH]1.